The van der Waals surface area contributed by atoms with Gasteiger partial charge in [-0.1, -0.05) is 0 Å². The fourth-order valence-corrected chi connectivity index (χ4v) is 2.11. The molecule has 2 atom stereocenters. The zero-order chi connectivity index (χ0) is 11.6. The van der Waals surface area contributed by atoms with E-state index in [0.29, 0.717) is 32.8 Å². The van der Waals surface area contributed by atoms with Gasteiger partial charge in [0.15, 0.2) is 0 Å². The predicted octanol–water partition coefficient (Wildman–Crippen LogP) is -1.68. The first-order valence-corrected chi connectivity index (χ1v) is 5.54. The summed E-state index contributed by atoms with van der Waals surface area (Å²) in [5.74, 6) is -0.132. The Morgan fingerprint density at radius 3 is 2.94 bits per heavy atom. The summed E-state index contributed by atoms with van der Waals surface area (Å²) in [7, 11) is 0. The van der Waals surface area contributed by atoms with Crippen LogP contribution in [0.2, 0.25) is 0 Å². The number of hydrogen-bond donors (Lipinski definition) is 2. The van der Waals surface area contributed by atoms with Gasteiger partial charge >= 0.3 is 0 Å². The van der Waals surface area contributed by atoms with Crippen molar-refractivity contribution in [3.8, 4) is 0 Å². The summed E-state index contributed by atoms with van der Waals surface area (Å²) in [6.07, 6.45) is 0.543. The van der Waals surface area contributed by atoms with Crippen LogP contribution in [0.5, 0.6) is 0 Å². The Morgan fingerprint density at radius 1 is 1.50 bits per heavy atom. The SMILES string of the molecule is NC1(C(=O)N2CCOCC2CO)CCOC1. The minimum atomic E-state index is -0.912. The van der Waals surface area contributed by atoms with Crippen molar-refractivity contribution in [2.24, 2.45) is 5.73 Å². The van der Waals surface area contributed by atoms with Gasteiger partial charge in [0.1, 0.15) is 5.54 Å². The summed E-state index contributed by atoms with van der Waals surface area (Å²) in [6.45, 7) is 2.06. The lowest BCUT2D eigenvalue weighted by molar-refractivity contribution is -0.147. The number of carbonyl (C=O) groups excluding carboxylic acids is 1. The first-order chi connectivity index (χ1) is 7.67. The fraction of sp³-hybridized carbons (Fsp3) is 0.900. The molecule has 0 aromatic heterocycles. The molecule has 6 nitrogen and oxygen atoms in total. The minimum Gasteiger partial charge on any atom is -0.394 e. The van der Waals surface area contributed by atoms with Crippen molar-refractivity contribution in [3.05, 3.63) is 0 Å². The maximum absolute atomic E-state index is 12.2. The topological polar surface area (TPSA) is 85.0 Å². The van der Waals surface area contributed by atoms with E-state index in [1.807, 2.05) is 0 Å². The third-order valence-corrected chi connectivity index (χ3v) is 3.18. The molecule has 2 aliphatic heterocycles. The minimum absolute atomic E-state index is 0.0946. The van der Waals surface area contributed by atoms with Crippen molar-refractivity contribution in [2.75, 3.05) is 39.6 Å². The van der Waals surface area contributed by atoms with Crippen LogP contribution in [0.3, 0.4) is 0 Å². The summed E-state index contributed by atoms with van der Waals surface area (Å²) < 4.78 is 10.4. The quantitative estimate of drug-likeness (QED) is 0.592. The number of nitrogens with two attached hydrogens (primary N) is 1. The molecule has 0 radical (unpaired) electrons. The van der Waals surface area contributed by atoms with E-state index in [1.54, 1.807) is 4.90 Å². The molecule has 2 heterocycles. The van der Waals surface area contributed by atoms with E-state index >= 15 is 0 Å². The highest BCUT2D eigenvalue weighted by molar-refractivity contribution is 5.87. The Hall–Kier alpha value is -0.690. The number of hydrogen-bond acceptors (Lipinski definition) is 5. The molecule has 2 aliphatic rings. The largest absolute Gasteiger partial charge is 0.394 e. The van der Waals surface area contributed by atoms with Gasteiger partial charge in [-0.2, -0.15) is 0 Å². The second-order valence-corrected chi connectivity index (χ2v) is 4.37. The molecule has 6 heteroatoms. The predicted molar refractivity (Wildman–Crippen MR) is 55.8 cm³/mol. The monoisotopic (exact) mass is 230 g/mol. The van der Waals surface area contributed by atoms with E-state index in [2.05, 4.69) is 0 Å². The Kier molecular flexibility index (Phi) is 3.44. The van der Waals surface area contributed by atoms with Gasteiger partial charge in [0.25, 0.3) is 0 Å². The average Bonchev–Trinajstić information content (AvgIpc) is 2.76. The molecule has 92 valence electrons. The van der Waals surface area contributed by atoms with Gasteiger partial charge < -0.3 is 25.2 Å². The van der Waals surface area contributed by atoms with Gasteiger partial charge in [0, 0.05) is 13.2 Å². The standard InChI is InChI=1S/C10H18N2O4/c11-10(1-3-16-7-10)9(14)12-2-4-15-6-8(12)5-13/h8,13H,1-7,11H2. The molecular weight excluding hydrogens is 212 g/mol. The molecule has 0 spiro atoms. The highest BCUT2D eigenvalue weighted by Crippen LogP contribution is 2.21. The number of nitrogens with zero attached hydrogens (tertiary/aromatic N) is 1. The first kappa shape index (κ1) is 11.8. The number of carbonyl (C=O) groups is 1. The van der Waals surface area contributed by atoms with E-state index in [4.69, 9.17) is 15.2 Å². The summed E-state index contributed by atoms with van der Waals surface area (Å²) in [6, 6.07) is -0.276. The molecule has 16 heavy (non-hydrogen) atoms. The van der Waals surface area contributed by atoms with Crippen LogP contribution in [0.1, 0.15) is 6.42 Å². The molecule has 0 aromatic rings. The van der Waals surface area contributed by atoms with Crippen LogP contribution in [0, 0.1) is 0 Å². The zero-order valence-electron chi connectivity index (χ0n) is 9.22. The fourth-order valence-electron chi connectivity index (χ4n) is 2.11. The van der Waals surface area contributed by atoms with Crippen LogP contribution >= 0.6 is 0 Å². The van der Waals surface area contributed by atoms with Gasteiger partial charge in [-0.05, 0) is 6.42 Å². The van der Waals surface area contributed by atoms with Crippen molar-refractivity contribution in [2.45, 2.75) is 18.0 Å². The van der Waals surface area contributed by atoms with Gasteiger partial charge in [-0.15, -0.1) is 0 Å². The van der Waals surface area contributed by atoms with Crippen LogP contribution in [-0.4, -0.2) is 67.1 Å². The highest BCUT2D eigenvalue weighted by Gasteiger charge is 2.43. The molecule has 2 fully saturated rings. The normalized spacial score (nSPS) is 35.4. The van der Waals surface area contributed by atoms with Gasteiger partial charge in [0.05, 0.1) is 32.5 Å². The highest BCUT2D eigenvalue weighted by atomic mass is 16.5. The van der Waals surface area contributed by atoms with E-state index in [9.17, 15) is 9.90 Å². The Labute approximate surface area is 94.3 Å². The average molecular weight is 230 g/mol. The number of rotatable bonds is 2. The summed E-state index contributed by atoms with van der Waals surface area (Å²) >= 11 is 0. The number of amides is 1. The molecule has 0 aromatic carbocycles. The Balaban J connectivity index is 2.07. The van der Waals surface area contributed by atoms with E-state index < -0.39 is 5.54 Å². The van der Waals surface area contributed by atoms with Crippen molar-refractivity contribution in [3.63, 3.8) is 0 Å². The molecule has 1 amide bonds. The molecular formula is C10H18N2O4. The first-order valence-electron chi connectivity index (χ1n) is 5.54. The molecule has 2 saturated heterocycles. The van der Waals surface area contributed by atoms with Gasteiger partial charge in [-0.3, -0.25) is 4.79 Å². The van der Waals surface area contributed by atoms with E-state index in [-0.39, 0.29) is 25.2 Å². The van der Waals surface area contributed by atoms with Crippen LogP contribution in [0.25, 0.3) is 0 Å². The van der Waals surface area contributed by atoms with Crippen LogP contribution in [0.15, 0.2) is 0 Å². The third kappa shape index (κ3) is 2.06. The number of aliphatic hydroxyl groups excluding tert-OH is 1. The smallest absolute Gasteiger partial charge is 0.245 e. The van der Waals surface area contributed by atoms with Crippen molar-refractivity contribution < 1.29 is 19.4 Å². The number of ether oxygens (including phenoxy) is 2. The zero-order valence-corrected chi connectivity index (χ0v) is 9.22. The lowest BCUT2D eigenvalue weighted by Gasteiger charge is -2.38. The molecule has 2 rings (SSSR count). The second kappa shape index (κ2) is 4.67. The van der Waals surface area contributed by atoms with E-state index in [1.165, 1.54) is 0 Å². The second-order valence-electron chi connectivity index (χ2n) is 4.37. The van der Waals surface area contributed by atoms with Crippen molar-refractivity contribution in [1.82, 2.24) is 4.90 Å². The van der Waals surface area contributed by atoms with Gasteiger partial charge in [-0.25, -0.2) is 0 Å². The van der Waals surface area contributed by atoms with E-state index in [0.717, 1.165) is 0 Å². The maximum Gasteiger partial charge on any atom is 0.245 e. The molecule has 0 saturated carbocycles. The number of aliphatic hydroxyl groups is 1. The molecule has 0 aliphatic carbocycles. The molecule has 2 unspecified atom stereocenters. The Morgan fingerprint density at radius 2 is 2.31 bits per heavy atom. The summed E-state index contributed by atoms with van der Waals surface area (Å²) in [5, 5.41) is 9.19. The molecule has 0 bridgehead atoms. The van der Waals surface area contributed by atoms with Crippen molar-refractivity contribution >= 4 is 5.91 Å². The number of morpholine rings is 1. The van der Waals surface area contributed by atoms with Crippen LogP contribution in [0.4, 0.5) is 0 Å². The summed E-state index contributed by atoms with van der Waals surface area (Å²) in [5.41, 5.74) is 5.10. The van der Waals surface area contributed by atoms with Gasteiger partial charge in [0.2, 0.25) is 5.91 Å². The lowest BCUT2D eigenvalue weighted by Crippen LogP contribution is -2.61. The maximum atomic E-state index is 12.2. The lowest BCUT2D eigenvalue weighted by atomic mass is 9.97. The molecule has 3 N–H and O–H groups in total. The Bertz CT molecular complexity index is 266. The third-order valence-electron chi connectivity index (χ3n) is 3.18. The van der Waals surface area contributed by atoms with Crippen LogP contribution in [-0.2, 0) is 14.3 Å². The van der Waals surface area contributed by atoms with Crippen molar-refractivity contribution in [1.29, 1.82) is 0 Å². The summed E-state index contributed by atoms with van der Waals surface area (Å²) in [4.78, 5) is 13.9. The van der Waals surface area contributed by atoms with Crippen LogP contribution < -0.4 is 5.73 Å².